The summed E-state index contributed by atoms with van der Waals surface area (Å²) in [5.74, 6) is 0.494. The first kappa shape index (κ1) is 24.0. The molecule has 0 spiro atoms. The number of hydrogen-bond acceptors (Lipinski definition) is 2. The van der Waals surface area contributed by atoms with Crippen molar-refractivity contribution >= 4 is 24.3 Å². The molecule has 0 rings (SSSR count). The van der Waals surface area contributed by atoms with Gasteiger partial charge in [0.2, 0.25) is 0 Å². The summed E-state index contributed by atoms with van der Waals surface area (Å²) in [7, 11) is 0. The van der Waals surface area contributed by atoms with Gasteiger partial charge in [-0.05, 0) is 0 Å². The maximum atomic E-state index is 11.2. The fourth-order valence-corrected chi connectivity index (χ4v) is 22.2. The third-order valence-electron chi connectivity index (χ3n) is 5.37. The van der Waals surface area contributed by atoms with E-state index in [0.29, 0.717) is 12.5 Å². The Morgan fingerprint density at radius 3 is 1.75 bits per heavy atom. The second-order valence-corrected chi connectivity index (χ2v) is 20.6. The Labute approximate surface area is 155 Å². The maximum absolute atomic E-state index is 11.2. The number of rotatable bonds is 14. The molecule has 0 bridgehead atoms. The van der Waals surface area contributed by atoms with E-state index in [2.05, 4.69) is 40.7 Å². The summed E-state index contributed by atoms with van der Waals surface area (Å²) in [5, 5.41) is 0. The van der Waals surface area contributed by atoms with Crippen LogP contribution in [0.4, 0.5) is 0 Å². The molecule has 0 aromatic carbocycles. The van der Waals surface area contributed by atoms with Gasteiger partial charge in [-0.3, -0.25) is 0 Å². The average molecular weight is 445 g/mol. The molecule has 1 unspecified atom stereocenters. The van der Waals surface area contributed by atoms with Crippen LogP contribution in [0.2, 0.25) is 13.3 Å². The molecule has 0 heterocycles. The van der Waals surface area contributed by atoms with Crippen molar-refractivity contribution in [2.24, 2.45) is 5.92 Å². The van der Waals surface area contributed by atoms with E-state index < -0.39 is 18.4 Å². The molecule has 1 atom stereocenters. The minimum absolute atomic E-state index is 0.161. The molecule has 0 aromatic heterocycles. The third kappa shape index (κ3) is 8.92. The normalized spacial score (nSPS) is 13.8. The molecule has 0 fully saturated rings. The molecule has 2 nitrogen and oxygen atoms in total. The van der Waals surface area contributed by atoms with Crippen molar-refractivity contribution in [1.82, 2.24) is 0 Å². The van der Waals surface area contributed by atoms with Crippen molar-refractivity contribution in [2.75, 3.05) is 6.61 Å². The quantitative estimate of drug-likeness (QED) is 0.215. The predicted molar refractivity (Wildman–Crippen MR) is 109 cm³/mol. The second-order valence-electron chi connectivity index (χ2n) is 7.36. The molecule has 0 radical (unpaired) electrons. The number of ether oxygens (including phenoxy) is 1. The van der Waals surface area contributed by atoms with Crippen molar-refractivity contribution in [1.29, 1.82) is 0 Å². The first-order valence-corrected chi connectivity index (χ1v) is 17.8. The second kappa shape index (κ2) is 14.2. The monoisotopic (exact) mass is 446 g/mol. The first-order valence-electron chi connectivity index (χ1n) is 10.3. The Kier molecular flexibility index (Phi) is 14.2. The van der Waals surface area contributed by atoms with Gasteiger partial charge in [0, 0.05) is 0 Å². The molecular weight excluding hydrogens is 403 g/mol. The summed E-state index contributed by atoms with van der Waals surface area (Å²) < 4.78 is 11.5. The van der Waals surface area contributed by atoms with Gasteiger partial charge in [-0.15, -0.1) is 0 Å². The van der Waals surface area contributed by atoms with Gasteiger partial charge in [-0.25, -0.2) is 0 Å². The van der Waals surface area contributed by atoms with E-state index in [1.807, 2.05) is 0 Å². The summed E-state index contributed by atoms with van der Waals surface area (Å²) in [6, 6.07) is 0. The van der Waals surface area contributed by atoms with Crippen LogP contribution in [0.15, 0.2) is 9.67 Å². The number of allylic oxidation sites excluding steroid dienone is 1. The Balaban J connectivity index is 5.64. The van der Waals surface area contributed by atoms with Gasteiger partial charge in [-0.2, -0.15) is 0 Å². The van der Waals surface area contributed by atoms with Crippen LogP contribution in [0.25, 0.3) is 0 Å². The van der Waals surface area contributed by atoms with Crippen molar-refractivity contribution in [2.45, 2.75) is 99.8 Å². The number of esters is 1. The summed E-state index contributed by atoms with van der Waals surface area (Å²) in [6.45, 7) is 13.7. The van der Waals surface area contributed by atoms with E-state index in [1.54, 1.807) is 3.59 Å². The van der Waals surface area contributed by atoms with E-state index in [9.17, 15) is 4.79 Å². The Bertz CT molecular complexity index is 341. The van der Waals surface area contributed by atoms with Crippen molar-refractivity contribution in [3.05, 3.63) is 9.67 Å². The van der Waals surface area contributed by atoms with E-state index in [1.165, 1.54) is 65.2 Å². The van der Waals surface area contributed by atoms with Gasteiger partial charge in [0.1, 0.15) is 0 Å². The topological polar surface area (TPSA) is 26.3 Å². The summed E-state index contributed by atoms with van der Waals surface area (Å²) in [6.07, 6.45) is 11.6. The van der Waals surface area contributed by atoms with Gasteiger partial charge < -0.3 is 0 Å². The van der Waals surface area contributed by atoms with Crippen LogP contribution in [0, 0.1) is 5.92 Å². The molecule has 142 valence electrons. The Morgan fingerprint density at radius 1 is 0.958 bits per heavy atom. The van der Waals surface area contributed by atoms with E-state index in [0.717, 1.165) is 0 Å². The molecule has 0 aliphatic carbocycles. The van der Waals surface area contributed by atoms with E-state index in [-0.39, 0.29) is 5.97 Å². The zero-order chi connectivity index (χ0) is 18.4. The van der Waals surface area contributed by atoms with Crippen LogP contribution in [0.3, 0.4) is 0 Å². The SMILES string of the molecule is CCC[CH2][Sn]([CH2]CCC)([CH2]CCC)/[C](=C/COC(C)=O)C(C)CC. The molecule has 0 N–H and O–H groups in total. The van der Waals surface area contributed by atoms with Crippen LogP contribution < -0.4 is 0 Å². The van der Waals surface area contributed by atoms with Crippen molar-refractivity contribution in [3.8, 4) is 0 Å². The van der Waals surface area contributed by atoms with Gasteiger partial charge in [0.25, 0.3) is 0 Å². The van der Waals surface area contributed by atoms with Gasteiger partial charge in [0.15, 0.2) is 0 Å². The minimum atomic E-state index is -2.38. The summed E-state index contributed by atoms with van der Waals surface area (Å²) >= 11 is -2.38. The number of hydrogen-bond donors (Lipinski definition) is 0. The first-order chi connectivity index (χ1) is 11.5. The molecule has 0 saturated heterocycles. The van der Waals surface area contributed by atoms with Crippen molar-refractivity contribution in [3.63, 3.8) is 0 Å². The van der Waals surface area contributed by atoms with Crippen LogP contribution in [-0.2, 0) is 9.53 Å². The molecule has 24 heavy (non-hydrogen) atoms. The van der Waals surface area contributed by atoms with Crippen LogP contribution in [-0.4, -0.2) is 31.0 Å². The number of carbonyl (C=O) groups excluding carboxylic acids is 1. The van der Waals surface area contributed by atoms with Crippen LogP contribution in [0.5, 0.6) is 0 Å². The molecule has 0 saturated carbocycles. The molecule has 0 aliphatic heterocycles. The molecular formula is C21H42O2Sn. The standard InChI is InChI=1S/C9H15O2.3C4H9.Sn/c1-4-8(2)6-5-7-11-9(3)10;3*1-3-4-2;/h5,8H,4,7H2,1-3H3;3*1,3-4H2,2H3;. The molecule has 3 heteroatoms. The van der Waals surface area contributed by atoms with Gasteiger partial charge in [0.05, 0.1) is 0 Å². The van der Waals surface area contributed by atoms with Gasteiger partial charge >= 0.3 is 156 Å². The Morgan fingerprint density at radius 2 is 1.42 bits per heavy atom. The molecule has 0 aliphatic rings. The molecule has 0 amide bonds. The third-order valence-corrected chi connectivity index (χ3v) is 22.1. The summed E-state index contributed by atoms with van der Waals surface area (Å²) in [5.41, 5.74) is 0. The number of carbonyl (C=O) groups is 1. The summed E-state index contributed by atoms with van der Waals surface area (Å²) in [4.78, 5) is 11.2. The van der Waals surface area contributed by atoms with Crippen molar-refractivity contribution < 1.29 is 9.53 Å². The molecule has 0 aromatic rings. The van der Waals surface area contributed by atoms with Crippen LogP contribution in [0.1, 0.15) is 86.5 Å². The zero-order valence-electron chi connectivity index (χ0n) is 17.2. The predicted octanol–water partition coefficient (Wildman–Crippen LogP) is 6.91. The van der Waals surface area contributed by atoms with E-state index in [4.69, 9.17) is 4.74 Å². The fourth-order valence-electron chi connectivity index (χ4n) is 3.76. The van der Waals surface area contributed by atoms with Gasteiger partial charge in [-0.1, -0.05) is 0 Å². The zero-order valence-corrected chi connectivity index (χ0v) is 20.1. The Hall–Kier alpha value is 0.00870. The van der Waals surface area contributed by atoms with Crippen LogP contribution >= 0.6 is 0 Å². The number of unbranched alkanes of at least 4 members (excludes halogenated alkanes) is 3. The average Bonchev–Trinajstić information content (AvgIpc) is 2.58. The fraction of sp³-hybridized carbons (Fsp3) is 0.857. The van der Waals surface area contributed by atoms with E-state index >= 15 is 0 Å².